The van der Waals surface area contributed by atoms with Gasteiger partial charge in [-0.1, -0.05) is 23.8 Å². The summed E-state index contributed by atoms with van der Waals surface area (Å²) in [5, 5.41) is 3.15. The number of amides is 1. The first-order valence-corrected chi connectivity index (χ1v) is 7.67. The van der Waals surface area contributed by atoms with Crippen LogP contribution in [0.25, 0.3) is 0 Å². The second kappa shape index (κ2) is 6.18. The Morgan fingerprint density at radius 2 is 2.14 bits per heavy atom. The summed E-state index contributed by atoms with van der Waals surface area (Å²) in [4.78, 5) is 19.0. The Hall–Kier alpha value is -2.36. The molecule has 1 aliphatic rings. The van der Waals surface area contributed by atoms with E-state index in [0.717, 1.165) is 36.5 Å². The van der Waals surface area contributed by atoms with E-state index in [4.69, 9.17) is 0 Å². The Labute approximate surface area is 131 Å². The summed E-state index contributed by atoms with van der Waals surface area (Å²) < 4.78 is 0. The van der Waals surface area contributed by atoms with Crippen molar-refractivity contribution in [3.8, 4) is 0 Å². The summed E-state index contributed by atoms with van der Waals surface area (Å²) in [5.74, 6) is 0.996. The molecule has 1 fully saturated rings. The van der Waals surface area contributed by atoms with Crippen molar-refractivity contribution >= 4 is 11.7 Å². The number of aryl methyl sites for hydroxylation is 2. The van der Waals surface area contributed by atoms with Crippen LogP contribution in [0.15, 0.2) is 42.6 Å². The molecule has 3 rings (SSSR count). The van der Waals surface area contributed by atoms with Crippen LogP contribution in [0.3, 0.4) is 0 Å². The van der Waals surface area contributed by atoms with Gasteiger partial charge in [0.25, 0.3) is 5.91 Å². The fourth-order valence-corrected chi connectivity index (χ4v) is 2.96. The van der Waals surface area contributed by atoms with Gasteiger partial charge in [-0.15, -0.1) is 0 Å². The van der Waals surface area contributed by atoms with Crippen LogP contribution in [0.4, 0.5) is 5.82 Å². The zero-order chi connectivity index (χ0) is 15.5. The molecular weight excluding hydrogens is 274 g/mol. The maximum atomic E-state index is 12.4. The summed E-state index contributed by atoms with van der Waals surface area (Å²) in [6.45, 7) is 5.76. The van der Waals surface area contributed by atoms with E-state index in [-0.39, 0.29) is 11.9 Å². The van der Waals surface area contributed by atoms with Crippen molar-refractivity contribution in [3.63, 3.8) is 0 Å². The number of hydrogen-bond acceptors (Lipinski definition) is 3. The summed E-state index contributed by atoms with van der Waals surface area (Å²) in [6, 6.07) is 12.0. The molecule has 1 saturated heterocycles. The van der Waals surface area contributed by atoms with E-state index < -0.39 is 0 Å². The van der Waals surface area contributed by atoms with Crippen molar-refractivity contribution < 1.29 is 4.79 Å². The molecule has 0 radical (unpaired) electrons. The van der Waals surface area contributed by atoms with Crippen molar-refractivity contribution in [3.05, 3.63) is 59.3 Å². The topological polar surface area (TPSA) is 45.2 Å². The molecule has 2 aromatic rings. The average molecular weight is 295 g/mol. The summed E-state index contributed by atoms with van der Waals surface area (Å²) in [7, 11) is 0. The second-order valence-electron chi connectivity index (χ2n) is 5.91. The van der Waals surface area contributed by atoms with Crippen LogP contribution in [0, 0.1) is 13.8 Å². The fourth-order valence-electron chi connectivity index (χ4n) is 2.96. The maximum Gasteiger partial charge on any atom is 0.251 e. The fraction of sp³-hybridized carbons (Fsp3) is 0.333. The summed E-state index contributed by atoms with van der Waals surface area (Å²) >= 11 is 0. The molecule has 1 N–H and O–H groups in total. The largest absolute Gasteiger partial charge is 0.354 e. The highest BCUT2D eigenvalue weighted by Gasteiger charge is 2.25. The zero-order valence-electron chi connectivity index (χ0n) is 13.0. The smallest absolute Gasteiger partial charge is 0.251 e. The van der Waals surface area contributed by atoms with Crippen LogP contribution in [0.5, 0.6) is 0 Å². The first kappa shape index (κ1) is 14.6. The Morgan fingerprint density at radius 3 is 2.86 bits per heavy atom. The molecule has 1 aromatic carbocycles. The SMILES string of the molecule is Cc1ccc(C(=O)NC2CCN(c3ccccn3)C2)c(C)c1. The van der Waals surface area contributed by atoms with Gasteiger partial charge in [0.15, 0.2) is 0 Å². The van der Waals surface area contributed by atoms with E-state index in [1.165, 1.54) is 5.56 Å². The maximum absolute atomic E-state index is 12.4. The predicted octanol–water partition coefficient (Wildman–Crippen LogP) is 2.71. The minimum Gasteiger partial charge on any atom is -0.354 e. The number of nitrogens with one attached hydrogen (secondary N) is 1. The van der Waals surface area contributed by atoms with Gasteiger partial charge in [0, 0.05) is 30.9 Å². The van der Waals surface area contributed by atoms with Gasteiger partial charge in [-0.05, 0) is 44.0 Å². The molecule has 1 amide bonds. The normalized spacial score (nSPS) is 17.5. The summed E-state index contributed by atoms with van der Waals surface area (Å²) in [5.41, 5.74) is 2.97. The van der Waals surface area contributed by atoms with Crippen LogP contribution >= 0.6 is 0 Å². The summed E-state index contributed by atoms with van der Waals surface area (Å²) in [6.07, 6.45) is 2.75. The van der Waals surface area contributed by atoms with Crippen molar-refractivity contribution in [2.45, 2.75) is 26.3 Å². The highest BCUT2D eigenvalue weighted by molar-refractivity contribution is 5.95. The lowest BCUT2D eigenvalue weighted by molar-refractivity contribution is 0.0940. The number of carbonyl (C=O) groups excluding carboxylic acids is 1. The van der Waals surface area contributed by atoms with Gasteiger partial charge in [0.05, 0.1) is 0 Å². The van der Waals surface area contributed by atoms with Crippen LogP contribution < -0.4 is 10.2 Å². The molecule has 4 heteroatoms. The molecule has 0 saturated carbocycles. The lowest BCUT2D eigenvalue weighted by atomic mass is 10.0. The Bertz CT molecular complexity index is 669. The van der Waals surface area contributed by atoms with E-state index in [2.05, 4.69) is 15.2 Å². The molecule has 1 atom stereocenters. The molecule has 0 aliphatic carbocycles. The average Bonchev–Trinajstić information content (AvgIpc) is 2.96. The highest BCUT2D eigenvalue weighted by atomic mass is 16.1. The monoisotopic (exact) mass is 295 g/mol. The first-order valence-electron chi connectivity index (χ1n) is 7.67. The third kappa shape index (κ3) is 3.11. The second-order valence-corrected chi connectivity index (χ2v) is 5.91. The van der Waals surface area contributed by atoms with Gasteiger partial charge in [0.2, 0.25) is 0 Å². The number of aromatic nitrogens is 1. The number of rotatable bonds is 3. The van der Waals surface area contributed by atoms with Crippen LogP contribution in [-0.4, -0.2) is 30.0 Å². The van der Waals surface area contributed by atoms with E-state index in [1.54, 1.807) is 6.20 Å². The van der Waals surface area contributed by atoms with Gasteiger partial charge in [-0.25, -0.2) is 4.98 Å². The Balaban J connectivity index is 1.64. The number of carbonyl (C=O) groups is 1. The lowest BCUT2D eigenvalue weighted by Gasteiger charge is -2.18. The molecule has 0 spiro atoms. The standard InChI is InChI=1S/C18H21N3O/c1-13-6-7-16(14(2)11-13)18(22)20-15-8-10-21(12-15)17-5-3-4-9-19-17/h3-7,9,11,15H,8,10,12H2,1-2H3,(H,20,22). The van der Waals surface area contributed by atoms with E-state index >= 15 is 0 Å². The third-order valence-corrected chi connectivity index (χ3v) is 4.12. The first-order chi connectivity index (χ1) is 10.6. The number of anilines is 1. The third-order valence-electron chi connectivity index (χ3n) is 4.12. The Kier molecular flexibility index (Phi) is 4.09. The van der Waals surface area contributed by atoms with Crippen molar-refractivity contribution in [1.82, 2.24) is 10.3 Å². The minimum absolute atomic E-state index is 0.0189. The van der Waals surface area contributed by atoms with Gasteiger partial charge in [0.1, 0.15) is 5.82 Å². The van der Waals surface area contributed by atoms with Crippen LogP contribution in [0.1, 0.15) is 27.9 Å². The van der Waals surface area contributed by atoms with Gasteiger partial charge in [-0.3, -0.25) is 4.79 Å². The number of hydrogen-bond donors (Lipinski definition) is 1. The molecule has 22 heavy (non-hydrogen) atoms. The lowest BCUT2D eigenvalue weighted by Crippen LogP contribution is -2.37. The van der Waals surface area contributed by atoms with E-state index in [9.17, 15) is 4.79 Å². The van der Waals surface area contributed by atoms with E-state index in [1.807, 2.05) is 50.2 Å². The van der Waals surface area contributed by atoms with Crippen LogP contribution in [-0.2, 0) is 0 Å². The van der Waals surface area contributed by atoms with Crippen molar-refractivity contribution in [2.24, 2.45) is 0 Å². The number of nitrogens with zero attached hydrogens (tertiary/aromatic N) is 2. The van der Waals surface area contributed by atoms with Gasteiger partial charge < -0.3 is 10.2 Å². The molecule has 2 heterocycles. The van der Waals surface area contributed by atoms with Gasteiger partial charge >= 0.3 is 0 Å². The van der Waals surface area contributed by atoms with Gasteiger partial charge in [-0.2, -0.15) is 0 Å². The molecule has 0 bridgehead atoms. The zero-order valence-corrected chi connectivity index (χ0v) is 13.0. The van der Waals surface area contributed by atoms with Crippen molar-refractivity contribution in [2.75, 3.05) is 18.0 Å². The highest BCUT2D eigenvalue weighted by Crippen LogP contribution is 2.18. The molecule has 1 aliphatic heterocycles. The number of pyridine rings is 1. The molecular formula is C18H21N3O. The quantitative estimate of drug-likeness (QED) is 0.947. The van der Waals surface area contributed by atoms with Crippen LogP contribution in [0.2, 0.25) is 0 Å². The predicted molar refractivity (Wildman–Crippen MR) is 88.2 cm³/mol. The van der Waals surface area contributed by atoms with Crippen molar-refractivity contribution in [1.29, 1.82) is 0 Å². The molecule has 114 valence electrons. The Morgan fingerprint density at radius 1 is 1.27 bits per heavy atom. The minimum atomic E-state index is 0.0189. The molecule has 4 nitrogen and oxygen atoms in total. The molecule has 1 unspecified atom stereocenters. The van der Waals surface area contributed by atoms with E-state index in [0.29, 0.717) is 0 Å². The number of benzene rings is 1. The molecule has 1 aromatic heterocycles.